The first-order valence-corrected chi connectivity index (χ1v) is 8.28. The van der Waals surface area contributed by atoms with Crippen LogP contribution in [0.2, 0.25) is 5.02 Å². The van der Waals surface area contributed by atoms with E-state index in [0.717, 1.165) is 49.7 Å². The van der Waals surface area contributed by atoms with Crippen LogP contribution in [0.5, 0.6) is 0 Å². The third-order valence-electron chi connectivity index (χ3n) is 4.21. The van der Waals surface area contributed by atoms with E-state index in [4.69, 9.17) is 16.1 Å². The smallest absolute Gasteiger partial charge is 0.133 e. The molecule has 0 radical (unpaired) electrons. The van der Waals surface area contributed by atoms with E-state index < -0.39 is 6.10 Å². The maximum Gasteiger partial charge on any atom is 0.133 e. The Hall–Kier alpha value is -1.40. The minimum absolute atomic E-state index is 0.475. The molecule has 1 saturated heterocycles. The second-order valence-corrected chi connectivity index (χ2v) is 6.51. The van der Waals surface area contributed by atoms with Crippen molar-refractivity contribution in [1.82, 2.24) is 15.0 Å². The van der Waals surface area contributed by atoms with Crippen molar-refractivity contribution >= 4 is 11.6 Å². The molecular formula is C17H22ClN3O2. The second kappa shape index (κ2) is 7.45. The van der Waals surface area contributed by atoms with Crippen molar-refractivity contribution < 1.29 is 9.63 Å². The van der Waals surface area contributed by atoms with E-state index >= 15 is 0 Å². The minimum atomic E-state index is -0.475. The number of aliphatic hydroxyl groups excluding tert-OH is 1. The zero-order valence-corrected chi connectivity index (χ0v) is 14.0. The van der Waals surface area contributed by atoms with Crippen LogP contribution in [0.3, 0.4) is 0 Å². The van der Waals surface area contributed by atoms with Gasteiger partial charge in [-0.15, -0.1) is 0 Å². The molecule has 6 heteroatoms. The fourth-order valence-electron chi connectivity index (χ4n) is 2.89. The highest BCUT2D eigenvalue weighted by molar-refractivity contribution is 6.30. The van der Waals surface area contributed by atoms with Crippen LogP contribution in [-0.2, 0) is 6.54 Å². The summed E-state index contributed by atoms with van der Waals surface area (Å²) in [5.74, 6) is 0.852. The summed E-state index contributed by atoms with van der Waals surface area (Å²) >= 11 is 5.88. The first-order valence-electron chi connectivity index (χ1n) is 7.90. The maximum atomic E-state index is 10.3. The number of rotatable bonds is 5. The Morgan fingerprint density at radius 1 is 1.17 bits per heavy atom. The summed E-state index contributed by atoms with van der Waals surface area (Å²) in [5.41, 5.74) is 1.90. The fraction of sp³-hybridized carbons (Fsp3) is 0.471. The molecule has 0 unspecified atom stereocenters. The number of aromatic nitrogens is 1. The quantitative estimate of drug-likeness (QED) is 0.909. The van der Waals surface area contributed by atoms with Crippen LogP contribution >= 0.6 is 11.6 Å². The highest BCUT2D eigenvalue weighted by Crippen LogP contribution is 2.18. The molecule has 1 atom stereocenters. The van der Waals surface area contributed by atoms with E-state index in [1.54, 1.807) is 0 Å². The highest BCUT2D eigenvalue weighted by Gasteiger charge is 2.20. The molecule has 0 bridgehead atoms. The third-order valence-corrected chi connectivity index (χ3v) is 4.47. The molecule has 124 valence electrons. The monoisotopic (exact) mass is 335 g/mol. The molecule has 1 aromatic carbocycles. The number of hydrogen-bond donors (Lipinski definition) is 1. The molecule has 1 N–H and O–H groups in total. The van der Waals surface area contributed by atoms with Crippen molar-refractivity contribution in [3.8, 4) is 0 Å². The number of halogens is 1. The van der Waals surface area contributed by atoms with Crippen molar-refractivity contribution in [2.24, 2.45) is 0 Å². The summed E-state index contributed by atoms with van der Waals surface area (Å²) < 4.78 is 5.11. The van der Waals surface area contributed by atoms with E-state index in [2.05, 4.69) is 15.0 Å². The van der Waals surface area contributed by atoms with Crippen molar-refractivity contribution in [2.45, 2.75) is 19.6 Å². The number of hydrogen-bond acceptors (Lipinski definition) is 5. The molecule has 1 aromatic heterocycles. The molecule has 1 aliphatic heterocycles. The lowest BCUT2D eigenvalue weighted by Crippen LogP contribution is -2.47. The summed E-state index contributed by atoms with van der Waals surface area (Å²) in [6.45, 7) is 7.22. The molecule has 0 spiro atoms. The van der Waals surface area contributed by atoms with Gasteiger partial charge in [0, 0.05) is 50.4 Å². The van der Waals surface area contributed by atoms with Gasteiger partial charge in [0.2, 0.25) is 0 Å². The fourth-order valence-corrected chi connectivity index (χ4v) is 3.01. The number of piperazine rings is 1. The lowest BCUT2D eigenvalue weighted by atomic mass is 10.1. The van der Waals surface area contributed by atoms with Crippen molar-refractivity contribution in [1.29, 1.82) is 0 Å². The third kappa shape index (κ3) is 4.54. The number of nitrogens with zero attached hydrogens (tertiary/aromatic N) is 3. The van der Waals surface area contributed by atoms with E-state index in [1.807, 2.05) is 37.3 Å². The van der Waals surface area contributed by atoms with E-state index in [1.165, 1.54) is 0 Å². The van der Waals surface area contributed by atoms with Gasteiger partial charge in [-0.05, 0) is 24.6 Å². The second-order valence-electron chi connectivity index (χ2n) is 6.07. The molecule has 1 aliphatic rings. The zero-order valence-electron chi connectivity index (χ0n) is 13.3. The summed E-state index contributed by atoms with van der Waals surface area (Å²) in [6, 6.07) is 9.39. The molecule has 1 fully saturated rings. The number of β-amino-alcohol motifs (C(OH)–C–C–N with tert-alkyl or cyclic N) is 1. The van der Waals surface area contributed by atoms with Crippen LogP contribution in [-0.4, -0.2) is 52.8 Å². The van der Waals surface area contributed by atoms with E-state index in [-0.39, 0.29) is 0 Å². The molecule has 2 heterocycles. The van der Waals surface area contributed by atoms with Crippen LogP contribution < -0.4 is 0 Å². The SMILES string of the molecule is Cc1cc(CN2CCN(C[C@@H](O)c3ccc(Cl)cc3)CC2)no1. The molecule has 0 aliphatic carbocycles. The Morgan fingerprint density at radius 3 is 2.43 bits per heavy atom. The van der Waals surface area contributed by atoms with E-state index in [9.17, 15) is 5.11 Å². The maximum absolute atomic E-state index is 10.3. The summed E-state index contributed by atoms with van der Waals surface area (Å²) in [6.07, 6.45) is -0.475. The Kier molecular flexibility index (Phi) is 5.33. The summed E-state index contributed by atoms with van der Waals surface area (Å²) in [5, 5.41) is 15.1. The van der Waals surface area contributed by atoms with Crippen LogP contribution in [0.1, 0.15) is 23.1 Å². The van der Waals surface area contributed by atoms with Crippen molar-refractivity contribution in [3.05, 3.63) is 52.4 Å². The molecule has 0 saturated carbocycles. The highest BCUT2D eigenvalue weighted by atomic mass is 35.5. The van der Waals surface area contributed by atoms with Crippen molar-refractivity contribution in [2.75, 3.05) is 32.7 Å². The Bertz CT molecular complexity index is 621. The van der Waals surface area contributed by atoms with Gasteiger partial charge in [0.25, 0.3) is 0 Å². The van der Waals surface area contributed by atoms with Gasteiger partial charge in [-0.2, -0.15) is 0 Å². The van der Waals surface area contributed by atoms with Crippen molar-refractivity contribution in [3.63, 3.8) is 0 Å². The van der Waals surface area contributed by atoms with Crippen LogP contribution in [0.15, 0.2) is 34.9 Å². The topological polar surface area (TPSA) is 52.7 Å². The average Bonchev–Trinajstić information content (AvgIpc) is 2.95. The lowest BCUT2D eigenvalue weighted by Gasteiger charge is -2.35. The summed E-state index contributed by atoms with van der Waals surface area (Å²) in [7, 11) is 0. The number of aryl methyl sites for hydroxylation is 1. The van der Waals surface area contributed by atoms with Crippen LogP contribution in [0.25, 0.3) is 0 Å². The van der Waals surface area contributed by atoms with Gasteiger partial charge in [0.05, 0.1) is 11.8 Å². The first kappa shape index (κ1) is 16.5. The minimum Gasteiger partial charge on any atom is -0.387 e. The molecule has 5 nitrogen and oxygen atoms in total. The lowest BCUT2D eigenvalue weighted by molar-refractivity contribution is 0.0693. The Balaban J connectivity index is 1.46. The van der Waals surface area contributed by atoms with Gasteiger partial charge in [0.1, 0.15) is 5.76 Å². The number of aliphatic hydroxyl groups is 1. The van der Waals surface area contributed by atoms with Gasteiger partial charge in [-0.1, -0.05) is 28.9 Å². The molecule has 3 rings (SSSR count). The zero-order chi connectivity index (χ0) is 16.2. The predicted octanol–water partition coefficient (Wildman–Crippen LogP) is 2.49. The van der Waals surface area contributed by atoms with Gasteiger partial charge in [-0.25, -0.2) is 0 Å². The molecule has 23 heavy (non-hydrogen) atoms. The van der Waals surface area contributed by atoms with Gasteiger partial charge < -0.3 is 9.63 Å². The van der Waals surface area contributed by atoms with E-state index in [0.29, 0.717) is 11.6 Å². The Morgan fingerprint density at radius 2 is 1.83 bits per heavy atom. The average molecular weight is 336 g/mol. The summed E-state index contributed by atoms with van der Waals surface area (Å²) in [4.78, 5) is 4.66. The Labute approximate surface area is 141 Å². The first-order chi connectivity index (χ1) is 11.1. The largest absolute Gasteiger partial charge is 0.387 e. The standard InChI is InChI=1S/C17H22ClN3O2/c1-13-10-16(19-23-13)11-20-6-8-21(9-7-20)12-17(22)14-2-4-15(18)5-3-14/h2-5,10,17,22H,6-9,11-12H2,1H3/t17-/m1/s1. The number of benzene rings is 1. The molecular weight excluding hydrogens is 314 g/mol. The van der Waals surface area contributed by atoms with Crippen LogP contribution in [0.4, 0.5) is 0 Å². The normalized spacial score (nSPS) is 18.2. The van der Waals surface area contributed by atoms with Gasteiger partial charge >= 0.3 is 0 Å². The van der Waals surface area contributed by atoms with Gasteiger partial charge in [-0.3, -0.25) is 9.80 Å². The molecule has 2 aromatic rings. The molecule has 0 amide bonds. The predicted molar refractivity (Wildman–Crippen MR) is 89.4 cm³/mol. The van der Waals surface area contributed by atoms with Crippen LogP contribution in [0, 0.1) is 6.92 Å². The van der Waals surface area contributed by atoms with Gasteiger partial charge in [0.15, 0.2) is 0 Å².